The van der Waals surface area contributed by atoms with Crippen LogP contribution in [0.5, 0.6) is 0 Å². The molecule has 0 aromatic heterocycles. The first-order valence-electron chi connectivity index (χ1n) is 7.90. The smallest absolute Gasteiger partial charge is 0.185 e. The van der Waals surface area contributed by atoms with E-state index in [2.05, 4.69) is 36.4 Å². The summed E-state index contributed by atoms with van der Waals surface area (Å²) >= 11 is 5.89. The van der Waals surface area contributed by atoms with Crippen LogP contribution in [0.3, 0.4) is 0 Å². The standard InChI is InChI=1S/C21H19ClOP.ClH/c22-16-18(23)17-24(19-10-4-1-5-11-19,20-12-6-2-7-13-20)21-14-8-3-9-15-21;/h1-15H,16-17H2;1H/q+1;. The van der Waals surface area contributed by atoms with Gasteiger partial charge in [0.15, 0.2) is 5.78 Å². The van der Waals surface area contributed by atoms with Gasteiger partial charge in [-0.05, 0) is 36.4 Å². The summed E-state index contributed by atoms with van der Waals surface area (Å²) in [5.41, 5.74) is 0. The van der Waals surface area contributed by atoms with Crippen LogP contribution in [0.1, 0.15) is 0 Å². The highest BCUT2D eigenvalue weighted by Crippen LogP contribution is 2.55. The number of alkyl halides is 1. The molecule has 0 N–H and O–H groups in total. The molecule has 0 bridgehead atoms. The van der Waals surface area contributed by atoms with E-state index in [0.29, 0.717) is 6.16 Å². The Bertz CT molecular complexity index is 695. The summed E-state index contributed by atoms with van der Waals surface area (Å²) in [5.74, 6) is 0.135. The average molecular weight is 390 g/mol. The molecule has 0 heterocycles. The Balaban J connectivity index is 0.00000225. The lowest BCUT2D eigenvalue weighted by Gasteiger charge is -2.26. The van der Waals surface area contributed by atoms with Gasteiger partial charge in [0.1, 0.15) is 29.3 Å². The minimum atomic E-state index is -2.06. The summed E-state index contributed by atoms with van der Waals surface area (Å²) in [6, 6.07) is 31.1. The largest absolute Gasteiger partial charge is 0.294 e. The third kappa shape index (κ3) is 4.12. The number of ketones is 1. The van der Waals surface area contributed by atoms with Crippen molar-refractivity contribution in [2.24, 2.45) is 0 Å². The highest BCUT2D eigenvalue weighted by molar-refractivity contribution is 7.96. The normalized spacial score (nSPS) is 10.8. The van der Waals surface area contributed by atoms with Crippen LogP contribution in [0.25, 0.3) is 0 Å². The Morgan fingerprint density at radius 3 is 1.28 bits per heavy atom. The quantitative estimate of drug-likeness (QED) is 0.455. The number of carbonyl (C=O) groups is 1. The Morgan fingerprint density at radius 1 is 0.680 bits per heavy atom. The number of carbonyl (C=O) groups excluding carboxylic acids is 1. The van der Waals surface area contributed by atoms with E-state index >= 15 is 0 Å². The molecule has 0 spiro atoms. The van der Waals surface area contributed by atoms with Crippen LogP contribution in [0, 0.1) is 0 Å². The van der Waals surface area contributed by atoms with Gasteiger partial charge in [-0.2, -0.15) is 0 Å². The highest BCUT2D eigenvalue weighted by Gasteiger charge is 2.46. The molecule has 0 aliphatic rings. The van der Waals surface area contributed by atoms with Gasteiger partial charge in [0, 0.05) is 0 Å². The number of Topliss-reactive ketones (excluding diaryl/α,β-unsaturated/α-hetero) is 1. The van der Waals surface area contributed by atoms with Crippen LogP contribution < -0.4 is 15.9 Å². The lowest BCUT2D eigenvalue weighted by atomic mass is 10.4. The predicted molar refractivity (Wildman–Crippen MR) is 113 cm³/mol. The van der Waals surface area contributed by atoms with Crippen molar-refractivity contribution in [2.45, 2.75) is 0 Å². The van der Waals surface area contributed by atoms with Gasteiger partial charge in [0.25, 0.3) is 0 Å². The monoisotopic (exact) mass is 389 g/mol. The fourth-order valence-corrected chi connectivity index (χ4v) is 7.43. The zero-order valence-corrected chi connectivity index (χ0v) is 16.2. The zero-order valence-electron chi connectivity index (χ0n) is 13.7. The molecule has 0 aliphatic heterocycles. The van der Waals surface area contributed by atoms with Crippen LogP contribution in [-0.2, 0) is 4.79 Å². The van der Waals surface area contributed by atoms with Crippen molar-refractivity contribution in [1.82, 2.24) is 0 Å². The maximum absolute atomic E-state index is 12.4. The Morgan fingerprint density at radius 2 is 1.00 bits per heavy atom. The number of benzene rings is 3. The first-order valence-corrected chi connectivity index (χ1v) is 10.4. The Labute approximate surface area is 160 Å². The van der Waals surface area contributed by atoms with Gasteiger partial charge in [-0.3, -0.25) is 4.79 Å². The second kappa shape index (κ2) is 9.15. The molecule has 25 heavy (non-hydrogen) atoms. The van der Waals surface area contributed by atoms with Gasteiger partial charge in [-0.15, -0.1) is 24.0 Å². The van der Waals surface area contributed by atoms with Crippen molar-refractivity contribution < 1.29 is 4.79 Å². The summed E-state index contributed by atoms with van der Waals surface area (Å²) in [6.45, 7) is 0. The van der Waals surface area contributed by atoms with Crippen LogP contribution in [-0.4, -0.2) is 17.8 Å². The first kappa shape index (κ1) is 19.7. The molecule has 3 aromatic rings. The second-order valence-corrected chi connectivity index (χ2v) is 9.40. The molecule has 0 saturated carbocycles. The molecule has 0 atom stereocenters. The fraction of sp³-hybridized carbons (Fsp3) is 0.0952. The van der Waals surface area contributed by atoms with E-state index in [0.717, 1.165) is 0 Å². The summed E-state index contributed by atoms with van der Waals surface area (Å²) in [5, 5.41) is 3.63. The van der Waals surface area contributed by atoms with Crippen molar-refractivity contribution in [2.75, 3.05) is 12.0 Å². The van der Waals surface area contributed by atoms with E-state index in [1.54, 1.807) is 0 Å². The van der Waals surface area contributed by atoms with Gasteiger partial charge in [0.05, 0.1) is 5.88 Å². The predicted octanol–water partition coefficient (Wildman–Crippen LogP) is 4.21. The van der Waals surface area contributed by atoms with Gasteiger partial charge in [-0.25, -0.2) is 0 Å². The molecule has 1 nitrogen and oxygen atoms in total. The van der Waals surface area contributed by atoms with Crippen LogP contribution >= 0.6 is 31.3 Å². The Kier molecular flexibility index (Phi) is 7.20. The van der Waals surface area contributed by atoms with E-state index in [4.69, 9.17) is 11.6 Å². The van der Waals surface area contributed by atoms with Crippen LogP contribution in [0.4, 0.5) is 0 Å². The minimum absolute atomic E-state index is 0. The van der Waals surface area contributed by atoms with Crippen molar-refractivity contribution in [3.05, 3.63) is 91.0 Å². The third-order valence-corrected chi connectivity index (χ3v) is 8.82. The topological polar surface area (TPSA) is 17.1 Å². The van der Waals surface area contributed by atoms with E-state index < -0.39 is 7.26 Å². The molecule has 3 aromatic carbocycles. The molecule has 4 heteroatoms. The summed E-state index contributed by atoms with van der Waals surface area (Å²) in [7, 11) is -2.06. The van der Waals surface area contributed by atoms with Crippen LogP contribution in [0.2, 0.25) is 0 Å². The highest BCUT2D eigenvalue weighted by atomic mass is 35.5. The SMILES string of the molecule is Cl.O=C(CCl)C[P+](c1ccccc1)(c1ccccc1)c1ccccc1. The maximum Gasteiger partial charge on any atom is 0.185 e. The third-order valence-electron chi connectivity index (χ3n) is 4.15. The lowest BCUT2D eigenvalue weighted by Crippen LogP contribution is -2.36. The number of rotatable bonds is 6. The van der Waals surface area contributed by atoms with E-state index in [1.165, 1.54) is 15.9 Å². The lowest BCUT2D eigenvalue weighted by molar-refractivity contribution is -0.114. The molecule has 3 rings (SSSR count). The second-order valence-electron chi connectivity index (χ2n) is 5.65. The number of hydrogen-bond acceptors (Lipinski definition) is 1. The van der Waals surface area contributed by atoms with E-state index in [9.17, 15) is 4.79 Å². The fourth-order valence-electron chi connectivity index (χ4n) is 3.08. The van der Waals surface area contributed by atoms with E-state index in [1.807, 2.05) is 54.6 Å². The van der Waals surface area contributed by atoms with Gasteiger partial charge in [0.2, 0.25) is 0 Å². The summed E-state index contributed by atoms with van der Waals surface area (Å²) in [6.07, 6.45) is 0.453. The van der Waals surface area contributed by atoms with Crippen molar-refractivity contribution in [1.29, 1.82) is 0 Å². The summed E-state index contributed by atoms with van der Waals surface area (Å²) in [4.78, 5) is 12.4. The zero-order chi connectivity index (χ0) is 16.8. The van der Waals surface area contributed by atoms with Crippen molar-refractivity contribution >= 4 is 53.0 Å². The number of hydrogen-bond donors (Lipinski definition) is 0. The molecule has 0 radical (unpaired) electrons. The van der Waals surface area contributed by atoms with Crippen LogP contribution in [0.15, 0.2) is 91.0 Å². The molecule has 0 fully saturated rings. The minimum Gasteiger partial charge on any atom is -0.294 e. The van der Waals surface area contributed by atoms with Gasteiger partial charge < -0.3 is 0 Å². The molecule has 128 valence electrons. The maximum atomic E-state index is 12.4. The Hall–Kier alpha value is -1.66. The molecule has 0 saturated heterocycles. The molecule has 0 aliphatic carbocycles. The summed E-state index contributed by atoms with van der Waals surface area (Å²) < 4.78 is 0. The number of halogens is 2. The van der Waals surface area contributed by atoms with Crippen molar-refractivity contribution in [3.8, 4) is 0 Å². The first-order chi connectivity index (χ1) is 11.8. The molecule has 0 amide bonds. The van der Waals surface area contributed by atoms with Crippen molar-refractivity contribution in [3.63, 3.8) is 0 Å². The molecular formula is C21H20Cl2OP+. The average Bonchev–Trinajstić information content (AvgIpc) is 2.68. The molecule has 0 unspecified atom stereocenters. The van der Waals surface area contributed by atoms with E-state index in [-0.39, 0.29) is 24.1 Å². The molecular weight excluding hydrogens is 370 g/mol. The van der Waals surface area contributed by atoms with Gasteiger partial charge in [-0.1, -0.05) is 54.6 Å². The van der Waals surface area contributed by atoms with Gasteiger partial charge >= 0.3 is 0 Å².